The van der Waals surface area contributed by atoms with E-state index in [0.29, 0.717) is 0 Å². The lowest BCUT2D eigenvalue weighted by molar-refractivity contribution is 0.283. The van der Waals surface area contributed by atoms with Crippen LogP contribution in [0.25, 0.3) is 11.0 Å². The molecular weight excluding hydrogens is 279 g/mol. The van der Waals surface area contributed by atoms with Crippen LogP contribution < -0.4 is 0 Å². The van der Waals surface area contributed by atoms with Crippen molar-refractivity contribution < 1.29 is 13.9 Å². The molecule has 0 saturated carbocycles. The van der Waals surface area contributed by atoms with Crippen LogP contribution in [-0.2, 0) is 19.4 Å². The molecule has 2 nitrogen and oxygen atoms in total. The average Bonchev–Trinajstić information content (AvgIpc) is 2.96. The second-order valence-electron chi connectivity index (χ2n) is 5.53. The first-order valence-corrected chi connectivity index (χ1v) is 7.62. The Labute approximate surface area is 129 Å². The molecule has 3 aromatic rings. The number of benzene rings is 2. The van der Waals surface area contributed by atoms with Gasteiger partial charge in [-0.05, 0) is 54.7 Å². The van der Waals surface area contributed by atoms with Crippen molar-refractivity contribution in [2.45, 2.75) is 32.3 Å². The van der Waals surface area contributed by atoms with E-state index in [0.717, 1.165) is 53.5 Å². The van der Waals surface area contributed by atoms with Gasteiger partial charge in [0.1, 0.15) is 17.2 Å². The lowest BCUT2D eigenvalue weighted by Crippen LogP contribution is -1.88. The molecule has 1 heterocycles. The molecule has 22 heavy (non-hydrogen) atoms. The first-order chi connectivity index (χ1) is 10.8. The maximum atomic E-state index is 12.8. The number of aliphatic hydroxyl groups excluding tert-OH is 1. The van der Waals surface area contributed by atoms with E-state index in [-0.39, 0.29) is 12.4 Å². The molecule has 3 heteroatoms. The van der Waals surface area contributed by atoms with Crippen molar-refractivity contribution in [3.63, 3.8) is 0 Å². The summed E-state index contributed by atoms with van der Waals surface area (Å²) in [6.07, 6.45) is 3.88. The molecule has 0 bridgehead atoms. The van der Waals surface area contributed by atoms with Gasteiger partial charge in [-0.3, -0.25) is 0 Å². The summed E-state index contributed by atoms with van der Waals surface area (Å²) in [7, 11) is 0. The zero-order valence-corrected chi connectivity index (χ0v) is 12.4. The normalized spacial score (nSPS) is 11.2. The van der Waals surface area contributed by atoms with Crippen molar-refractivity contribution in [1.29, 1.82) is 0 Å². The maximum absolute atomic E-state index is 12.8. The molecule has 0 radical (unpaired) electrons. The number of hydrogen-bond donors (Lipinski definition) is 1. The average molecular weight is 298 g/mol. The van der Waals surface area contributed by atoms with E-state index >= 15 is 0 Å². The third-order valence-corrected chi connectivity index (χ3v) is 3.93. The van der Waals surface area contributed by atoms with Crippen LogP contribution in [0.2, 0.25) is 0 Å². The summed E-state index contributed by atoms with van der Waals surface area (Å²) in [5, 5.41) is 10.3. The minimum Gasteiger partial charge on any atom is -0.461 e. The van der Waals surface area contributed by atoms with Crippen LogP contribution in [0.1, 0.15) is 29.7 Å². The topological polar surface area (TPSA) is 33.4 Å². The van der Waals surface area contributed by atoms with E-state index < -0.39 is 0 Å². The van der Waals surface area contributed by atoms with Gasteiger partial charge in [-0.1, -0.05) is 24.3 Å². The number of aliphatic hydroxyl groups is 1. The first-order valence-electron chi connectivity index (χ1n) is 7.62. The van der Waals surface area contributed by atoms with Crippen LogP contribution in [0.4, 0.5) is 4.39 Å². The summed E-state index contributed by atoms with van der Waals surface area (Å²) >= 11 is 0. The number of hydrogen-bond acceptors (Lipinski definition) is 2. The third kappa shape index (κ3) is 3.37. The summed E-state index contributed by atoms with van der Waals surface area (Å²) in [6, 6.07) is 14.4. The van der Waals surface area contributed by atoms with Gasteiger partial charge >= 0.3 is 0 Å². The Kier molecular flexibility index (Phi) is 4.54. The second kappa shape index (κ2) is 6.75. The van der Waals surface area contributed by atoms with Gasteiger partial charge in [0.25, 0.3) is 0 Å². The van der Waals surface area contributed by atoms with Crippen molar-refractivity contribution in [2.75, 3.05) is 0 Å². The Morgan fingerprint density at radius 1 is 0.955 bits per heavy atom. The van der Waals surface area contributed by atoms with Gasteiger partial charge in [-0.15, -0.1) is 0 Å². The number of aryl methyl sites for hydroxylation is 2. The highest BCUT2D eigenvalue weighted by atomic mass is 19.1. The molecule has 0 aliphatic carbocycles. The van der Waals surface area contributed by atoms with E-state index in [4.69, 9.17) is 4.42 Å². The zero-order valence-electron chi connectivity index (χ0n) is 12.4. The fourth-order valence-electron chi connectivity index (χ4n) is 2.71. The highest BCUT2D eigenvalue weighted by molar-refractivity contribution is 5.81. The van der Waals surface area contributed by atoms with Gasteiger partial charge in [-0.2, -0.15) is 0 Å². The molecule has 114 valence electrons. The Morgan fingerprint density at radius 2 is 1.73 bits per heavy atom. The Morgan fingerprint density at radius 3 is 2.50 bits per heavy atom. The molecule has 0 saturated heterocycles. The van der Waals surface area contributed by atoms with Gasteiger partial charge in [0.15, 0.2) is 0 Å². The molecule has 1 aromatic heterocycles. The Hall–Kier alpha value is -2.13. The number of unbranched alkanes of at least 4 members (excludes halogenated alkanes) is 1. The fraction of sp³-hybridized carbons (Fsp3) is 0.263. The molecule has 2 aromatic carbocycles. The van der Waals surface area contributed by atoms with Crippen molar-refractivity contribution >= 4 is 11.0 Å². The molecule has 0 unspecified atom stereocenters. The molecule has 0 atom stereocenters. The summed E-state index contributed by atoms with van der Waals surface area (Å²) in [6.45, 7) is 0.0287. The zero-order chi connectivity index (χ0) is 15.4. The molecule has 0 spiro atoms. The Bertz CT molecular complexity index is 744. The van der Waals surface area contributed by atoms with Gasteiger partial charge in [-0.25, -0.2) is 4.39 Å². The number of halogens is 1. The maximum Gasteiger partial charge on any atom is 0.134 e. The van der Waals surface area contributed by atoms with E-state index in [9.17, 15) is 9.50 Å². The molecule has 3 rings (SSSR count). The minimum absolute atomic E-state index is 0.0287. The fourth-order valence-corrected chi connectivity index (χ4v) is 2.71. The number of fused-ring (bicyclic) bond motifs is 1. The first kappa shape index (κ1) is 14.8. The summed E-state index contributed by atoms with van der Waals surface area (Å²) in [4.78, 5) is 0. The van der Waals surface area contributed by atoms with Crippen LogP contribution in [0, 0.1) is 5.82 Å². The lowest BCUT2D eigenvalue weighted by atomic mass is 10.1. The molecule has 1 N–H and O–H groups in total. The van der Waals surface area contributed by atoms with Gasteiger partial charge in [0.2, 0.25) is 0 Å². The molecule has 0 aliphatic heterocycles. The van der Waals surface area contributed by atoms with Gasteiger partial charge < -0.3 is 9.52 Å². The van der Waals surface area contributed by atoms with Crippen molar-refractivity contribution in [1.82, 2.24) is 0 Å². The summed E-state index contributed by atoms with van der Waals surface area (Å²) in [5.74, 6) is 0.765. The van der Waals surface area contributed by atoms with Crippen molar-refractivity contribution in [2.24, 2.45) is 0 Å². The predicted octanol–water partition coefficient (Wildman–Crippen LogP) is 4.63. The van der Waals surface area contributed by atoms with Crippen molar-refractivity contribution in [3.05, 3.63) is 71.2 Å². The number of rotatable bonds is 6. The minimum atomic E-state index is -0.189. The van der Waals surface area contributed by atoms with E-state index in [2.05, 4.69) is 0 Å². The van der Waals surface area contributed by atoms with E-state index in [1.807, 2.05) is 36.4 Å². The van der Waals surface area contributed by atoms with Gasteiger partial charge in [0.05, 0.1) is 6.61 Å². The molecular formula is C19H19FO2. The third-order valence-electron chi connectivity index (χ3n) is 3.93. The molecule has 0 amide bonds. The quantitative estimate of drug-likeness (QED) is 0.673. The highest BCUT2D eigenvalue weighted by Crippen LogP contribution is 2.24. The lowest BCUT2D eigenvalue weighted by Gasteiger charge is -2.00. The van der Waals surface area contributed by atoms with Crippen LogP contribution in [0.5, 0.6) is 0 Å². The van der Waals surface area contributed by atoms with E-state index in [1.54, 1.807) is 0 Å². The van der Waals surface area contributed by atoms with Crippen LogP contribution in [0.3, 0.4) is 0 Å². The number of furan rings is 1. The van der Waals surface area contributed by atoms with Crippen LogP contribution >= 0.6 is 0 Å². The molecule has 0 fully saturated rings. The van der Waals surface area contributed by atoms with Crippen LogP contribution in [0.15, 0.2) is 52.9 Å². The van der Waals surface area contributed by atoms with Gasteiger partial charge in [0, 0.05) is 11.8 Å². The smallest absolute Gasteiger partial charge is 0.134 e. The van der Waals surface area contributed by atoms with Crippen molar-refractivity contribution in [3.8, 4) is 0 Å². The molecule has 0 aliphatic rings. The summed E-state index contributed by atoms with van der Waals surface area (Å²) in [5.41, 5.74) is 2.90. The van der Waals surface area contributed by atoms with E-state index in [1.165, 1.54) is 12.1 Å². The monoisotopic (exact) mass is 298 g/mol. The Balaban J connectivity index is 1.56. The SMILES string of the molecule is OCc1cccc2oc(CCCCc3ccc(F)cc3)cc12. The predicted molar refractivity (Wildman–Crippen MR) is 85.2 cm³/mol. The highest BCUT2D eigenvalue weighted by Gasteiger charge is 2.07. The summed E-state index contributed by atoms with van der Waals surface area (Å²) < 4.78 is 18.6. The largest absolute Gasteiger partial charge is 0.461 e. The standard InChI is InChI=1S/C19H19FO2/c20-16-10-8-14(9-11-16)4-1-2-6-17-12-18-15(13-21)5-3-7-19(18)22-17/h3,5,7-12,21H,1-2,4,6,13H2. The second-order valence-corrected chi connectivity index (χ2v) is 5.53. The van der Waals surface area contributed by atoms with Crippen LogP contribution in [-0.4, -0.2) is 5.11 Å².